The van der Waals surface area contributed by atoms with E-state index < -0.39 is 11.4 Å². The summed E-state index contributed by atoms with van der Waals surface area (Å²) in [6, 6.07) is 7.85. The highest BCUT2D eigenvalue weighted by molar-refractivity contribution is 5.87. The molecule has 1 aromatic carbocycles. The molecule has 0 aliphatic carbocycles. The van der Waals surface area contributed by atoms with E-state index in [0.29, 0.717) is 16.9 Å². The van der Waals surface area contributed by atoms with Crippen molar-refractivity contribution in [2.75, 3.05) is 0 Å². The summed E-state index contributed by atoms with van der Waals surface area (Å²) in [4.78, 5) is 11.9. The Morgan fingerprint density at radius 3 is 2.53 bits per heavy atom. The summed E-state index contributed by atoms with van der Waals surface area (Å²) in [6.45, 7) is 1.77. The predicted molar refractivity (Wildman–Crippen MR) is 68.3 cm³/mol. The summed E-state index contributed by atoms with van der Waals surface area (Å²) in [6.07, 6.45) is 0. The standard InChI is InChI=1S/C14H10O5/c1-7-2-5-11(18-7)9-6-8-3-4-10(15)12(16)13(8)19-14(9)17/h2-6,15-16H,1H3. The van der Waals surface area contributed by atoms with Gasteiger partial charge in [0.15, 0.2) is 11.3 Å². The first-order valence-electron chi connectivity index (χ1n) is 5.62. The number of benzene rings is 1. The minimum atomic E-state index is -0.636. The molecule has 0 saturated heterocycles. The molecule has 3 rings (SSSR count). The van der Waals surface area contributed by atoms with Crippen molar-refractivity contribution in [1.29, 1.82) is 0 Å². The Kier molecular flexibility index (Phi) is 2.35. The molecule has 3 aromatic rings. The van der Waals surface area contributed by atoms with E-state index in [4.69, 9.17) is 8.83 Å². The number of furan rings is 1. The van der Waals surface area contributed by atoms with Gasteiger partial charge in [0.1, 0.15) is 17.1 Å². The lowest BCUT2D eigenvalue weighted by Crippen LogP contribution is -2.02. The largest absolute Gasteiger partial charge is 0.504 e. The molecule has 0 spiro atoms. The van der Waals surface area contributed by atoms with Gasteiger partial charge in [-0.25, -0.2) is 4.79 Å². The van der Waals surface area contributed by atoms with E-state index in [0.717, 1.165) is 0 Å². The lowest BCUT2D eigenvalue weighted by Gasteiger charge is -2.03. The Hall–Kier alpha value is -2.69. The molecule has 96 valence electrons. The van der Waals surface area contributed by atoms with Crippen LogP contribution in [-0.4, -0.2) is 10.2 Å². The maximum Gasteiger partial charge on any atom is 0.347 e. The third-order valence-electron chi connectivity index (χ3n) is 2.86. The first kappa shape index (κ1) is 11.4. The van der Waals surface area contributed by atoms with E-state index in [1.165, 1.54) is 6.07 Å². The number of rotatable bonds is 1. The summed E-state index contributed by atoms with van der Waals surface area (Å²) >= 11 is 0. The Morgan fingerprint density at radius 2 is 1.84 bits per heavy atom. The average Bonchev–Trinajstić information content (AvgIpc) is 2.81. The van der Waals surface area contributed by atoms with Crippen LogP contribution in [0.5, 0.6) is 11.5 Å². The van der Waals surface area contributed by atoms with Crippen LogP contribution < -0.4 is 5.63 Å². The van der Waals surface area contributed by atoms with Crippen LogP contribution in [0.4, 0.5) is 0 Å². The van der Waals surface area contributed by atoms with Gasteiger partial charge in [0.05, 0.1) is 0 Å². The van der Waals surface area contributed by atoms with Crippen molar-refractivity contribution >= 4 is 11.0 Å². The molecule has 0 radical (unpaired) electrons. The van der Waals surface area contributed by atoms with Gasteiger partial charge in [-0.2, -0.15) is 0 Å². The van der Waals surface area contributed by atoms with E-state index in [-0.39, 0.29) is 16.9 Å². The minimum absolute atomic E-state index is 0.0444. The van der Waals surface area contributed by atoms with Crippen molar-refractivity contribution in [2.45, 2.75) is 6.92 Å². The van der Waals surface area contributed by atoms with Crippen LogP contribution in [0.2, 0.25) is 0 Å². The highest BCUT2D eigenvalue weighted by Crippen LogP contribution is 2.34. The fourth-order valence-corrected chi connectivity index (χ4v) is 1.91. The molecule has 2 aromatic heterocycles. The van der Waals surface area contributed by atoms with Crippen LogP contribution >= 0.6 is 0 Å². The fraction of sp³-hybridized carbons (Fsp3) is 0.0714. The zero-order chi connectivity index (χ0) is 13.6. The van der Waals surface area contributed by atoms with Gasteiger partial charge < -0.3 is 19.0 Å². The highest BCUT2D eigenvalue weighted by Gasteiger charge is 2.14. The topological polar surface area (TPSA) is 83.8 Å². The van der Waals surface area contributed by atoms with E-state index in [2.05, 4.69) is 0 Å². The van der Waals surface area contributed by atoms with Gasteiger partial charge >= 0.3 is 5.63 Å². The second kappa shape index (κ2) is 3.91. The third-order valence-corrected chi connectivity index (χ3v) is 2.86. The van der Waals surface area contributed by atoms with Crippen LogP contribution in [0.1, 0.15) is 5.76 Å². The number of phenolic OH excluding ortho intramolecular Hbond substituents is 2. The Balaban J connectivity index is 2.32. The smallest absolute Gasteiger partial charge is 0.347 e. The summed E-state index contributed by atoms with van der Waals surface area (Å²) < 4.78 is 10.4. The van der Waals surface area contributed by atoms with Crippen LogP contribution in [0.15, 0.2) is 44.0 Å². The first-order valence-corrected chi connectivity index (χ1v) is 5.62. The number of phenols is 2. The van der Waals surface area contributed by atoms with Gasteiger partial charge in [0.2, 0.25) is 5.75 Å². The van der Waals surface area contributed by atoms with Gasteiger partial charge in [-0.1, -0.05) is 0 Å². The molecule has 19 heavy (non-hydrogen) atoms. The molecule has 0 aliphatic heterocycles. The first-order chi connectivity index (χ1) is 9.06. The monoisotopic (exact) mass is 258 g/mol. The molecule has 5 nitrogen and oxygen atoms in total. The lowest BCUT2D eigenvalue weighted by atomic mass is 10.1. The minimum Gasteiger partial charge on any atom is -0.504 e. The zero-order valence-electron chi connectivity index (χ0n) is 10.0. The van der Waals surface area contributed by atoms with E-state index >= 15 is 0 Å². The quantitative estimate of drug-likeness (QED) is 0.518. The summed E-state index contributed by atoms with van der Waals surface area (Å²) in [5.41, 5.74) is -0.412. The van der Waals surface area contributed by atoms with Crippen molar-refractivity contribution in [1.82, 2.24) is 0 Å². The molecular formula is C14H10O5. The van der Waals surface area contributed by atoms with Gasteiger partial charge in [-0.15, -0.1) is 0 Å². The molecule has 5 heteroatoms. The number of hydrogen-bond donors (Lipinski definition) is 2. The maximum atomic E-state index is 11.9. The summed E-state index contributed by atoms with van der Waals surface area (Å²) in [7, 11) is 0. The Labute approximate surface area is 107 Å². The van der Waals surface area contributed by atoms with Crippen LogP contribution in [0, 0.1) is 6.92 Å². The van der Waals surface area contributed by atoms with Crippen LogP contribution in [0.25, 0.3) is 22.3 Å². The molecule has 0 saturated carbocycles. The second-order valence-electron chi connectivity index (χ2n) is 4.21. The van der Waals surface area contributed by atoms with Crippen molar-refractivity contribution in [2.24, 2.45) is 0 Å². The SMILES string of the molecule is Cc1ccc(-c2cc3ccc(O)c(O)c3oc2=O)o1. The van der Waals surface area contributed by atoms with Crippen LogP contribution in [-0.2, 0) is 0 Å². The summed E-state index contributed by atoms with van der Waals surface area (Å²) in [5.74, 6) is 0.304. The molecule has 0 atom stereocenters. The number of aromatic hydroxyl groups is 2. The molecular weight excluding hydrogens is 248 g/mol. The van der Waals surface area contributed by atoms with E-state index in [1.54, 1.807) is 31.2 Å². The normalized spacial score (nSPS) is 11.0. The molecule has 0 aliphatic rings. The molecule has 2 heterocycles. The van der Waals surface area contributed by atoms with Gasteiger partial charge in [-0.3, -0.25) is 0 Å². The highest BCUT2D eigenvalue weighted by atomic mass is 16.4. The van der Waals surface area contributed by atoms with Crippen molar-refractivity contribution in [3.63, 3.8) is 0 Å². The van der Waals surface area contributed by atoms with Gasteiger partial charge in [0.25, 0.3) is 0 Å². The maximum absolute atomic E-state index is 11.9. The number of aryl methyl sites for hydroxylation is 1. The Bertz CT molecular complexity index is 825. The fourth-order valence-electron chi connectivity index (χ4n) is 1.91. The van der Waals surface area contributed by atoms with Gasteiger partial charge in [0, 0.05) is 5.39 Å². The van der Waals surface area contributed by atoms with Crippen molar-refractivity contribution in [3.8, 4) is 22.8 Å². The van der Waals surface area contributed by atoms with E-state index in [9.17, 15) is 15.0 Å². The third kappa shape index (κ3) is 1.76. The van der Waals surface area contributed by atoms with Crippen LogP contribution in [0.3, 0.4) is 0 Å². The summed E-state index contributed by atoms with van der Waals surface area (Å²) in [5, 5.41) is 19.5. The van der Waals surface area contributed by atoms with Crippen molar-refractivity contribution < 1.29 is 19.0 Å². The lowest BCUT2D eigenvalue weighted by molar-refractivity contribution is 0.397. The zero-order valence-corrected chi connectivity index (χ0v) is 10.0. The number of fused-ring (bicyclic) bond motifs is 1. The van der Waals surface area contributed by atoms with Crippen molar-refractivity contribution in [3.05, 3.63) is 46.5 Å². The second-order valence-corrected chi connectivity index (χ2v) is 4.21. The molecule has 0 bridgehead atoms. The molecule has 0 unspecified atom stereocenters. The number of hydrogen-bond acceptors (Lipinski definition) is 5. The average molecular weight is 258 g/mol. The molecule has 2 N–H and O–H groups in total. The van der Waals surface area contributed by atoms with Gasteiger partial charge in [-0.05, 0) is 37.3 Å². The van der Waals surface area contributed by atoms with E-state index in [1.807, 2.05) is 0 Å². The Morgan fingerprint density at radius 1 is 1.05 bits per heavy atom. The molecule has 0 fully saturated rings. The predicted octanol–water partition coefficient (Wildman–Crippen LogP) is 2.77. The molecule has 0 amide bonds.